The summed E-state index contributed by atoms with van der Waals surface area (Å²) in [5, 5.41) is 23.2. The highest BCUT2D eigenvalue weighted by Crippen LogP contribution is 2.30. The van der Waals surface area contributed by atoms with E-state index in [0.717, 1.165) is 6.20 Å². The van der Waals surface area contributed by atoms with Gasteiger partial charge in [0, 0.05) is 0 Å². The van der Waals surface area contributed by atoms with Crippen LogP contribution in [0.25, 0.3) is 0 Å². The zero-order valence-electron chi connectivity index (χ0n) is 9.98. The first kappa shape index (κ1) is 14.8. The lowest BCUT2D eigenvalue weighted by Gasteiger charge is -2.03. The van der Waals surface area contributed by atoms with Crippen molar-refractivity contribution in [2.24, 2.45) is 0 Å². The summed E-state index contributed by atoms with van der Waals surface area (Å²) >= 11 is 6.33. The standard InChI is InChI=1S/C10H5ClN4O5S/c11-6-3-1-2-5(8(6)15(19)20)9(16)13-10-12-4-7(21-10)14(17)18/h1-4H,(H,12,13,16). The smallest absolute Gasteiger partial charge is 0.297 e. The lowest BCUT2D eigenvalue weighted by atomic mass is 10.1. The molecule has 0 bridgehead atoms. The Balaban J connectivity index is 2.30. The first-order chi connectivity index (χ1) is 9.90. The number of amides is 1. The van der Waals surface area contributed by atoms with E-state index in [1.165, 1.54) is 18.2 Å². The van der Waals surface area contributed by atoms with Gasteiger partial charge in [-0.05, 0) is 23.5 Å². The van der Waals surface area contributed by atoms with Crippen molar-refractivity contribution < 1.29 is 14.6 Å². The van der Waals surface area contributed by atoms with Crippen molar-refractivity contribution in [3.63, 3.8) is 0 Å². The molecule has 1 amide bonds. The van der Waals surface area contributed by atoms with Gasteiger partial charge in [0.25, 0.3) is 5.91 Å². The summed E-state index contributed by atoms with van der Waals surface area (Å²) in [4.78, 5) is 35.6. The maximum absolute atomic E-state index is 12.0. The number of nitro groups is 2. The number of carbonyl (C=O) groups is 1. The fraction of sp³-hybridized carbons (Fsp3) is 0. The van der Waals surface area contributed by atoms with E-state index in [9.17, 15) is 25.0 Å². The number of aromatic nitrogens is 1. The minimum Gasteiger partial charge on any atom is -0.297 e. The van der Waals surface area contributed by atoms with E-state index in [4.69, 9.17) is 11.6 Å². The van der Waals surface area contributed by atoms with Gasteiger partial charge < -0.3 is 0 Å². The first-order valence-corrected chi connectivity index (χ1v) is 6.44. The van der Waals surface area contributed by atoms with Gasteiger partial charge in [-0.25, -0.2) is 4.98 Å². The van der Waals surface area contributed by atoms with E-state index >= 15 is 0 Å². The second kappa shape index (κ2) is 5.81. The Bertz CT molecular complexity index is 747. The molecule has 2 rings (SSSR count). The Morgan fingerprint density at radius 3 is 2.57 bits per heavy atom. The number of halogens is 1. The van der Waals surface area contributed by atoms with Gasteiger partial charge in [0.05, 0.1) is 9.85 Å². The molecule has 0 radical (unpaired) electrons. The van der Waals surface area contributed by atoms with Crippen molar-refractivity contribution >= 4 is 44.7 Å². The van der Waals surface area contributed by atoms with Crippen LogP contribution in [-0.4, -0.2) is 20.7 Å². The Morgan fingerprint density at radius 2 is 2.00 bits per heavy atom. The molecule has 11 heteroatoms. The van der Waals surface area contributed by atoms with Gasteiger partial charge in [0.2, 0.25) is 0 Å². The highest BCUT2D eigenvalue weighted by Gasteiger charge is 2.24. The van der Waals surface area contributed by atoms with Crippen LogP contribution in [0.3, 0.4) is 0 Å². The maximum Gasteiger partial charge on any atom is 0.345 e. The molecule has 108 valence electrons. The van der Waals surface area contributed by atoms with Gasteiger partial charge >= 0.3 is 10.7 Å². The van der Waals surface area contributed by atoms with Crippen molar-refractivity contribution in [1.29, 1.82) is 0 Å². The fourth-order valence-corrected chi connectivity index (χ4v) is 2.33. The summed E-state index contributed by atoms with van der Waals surface area (Å²) < 4.78 is 0. The average molecular weight is 329 g/mol. The molecule has 1 aromatic carbocycles. The maximum atomic E-state index is 12.0. The molecule has 0 aliphatic heterocycles. The predicted octanol–water partition coefficient (Wildman–Crippen LogP) is 2.87. The molecule has 0 saturated carbocycles. The van der Waals surface area contributed by atoms with Gasteiger partial charge in [-0.3, -0.25) is 30.3 Å². The molecule has 21 heavy (non-hydrogen) atoms. The summed E-state index contributed by atoms with van der Waals surface area (Å²) in [6.07, 6.45) is 0.979. The molecule has 2 aromatic rings. The first-order valence-electron chi connectivity index (χ1n) is 5.24. The average Bonchev–Trinajstić information content (AvgIpc) is 2.86. The lowest BCUT2D eigenvalue weighted by Crippen LogP contribution is -2.13. The monoisotopic (exact) mass is 328 g/mol. The topological polar surface area (TPSA) is 128 Å². The fourth-order valence-electron chi connectivity index (χ4n) is 1.46. The van der Waals surface area contributed by atoms with Crippen LogP contribution >= 0.6 is 22.9 Å². The predicted molar refractivity (Wildman–Crippen MR) is 74.8 cm³/mol. The summed E-state index contributed by atoms with van der Waals surface area (Å²) in [7, 11) is 0. The van der Waals surface area contributed by atoms with Crippen molar-refractivity contribution in [3.05, 3.63) is 55.2 Å². The Kier molecular flexibility index (Phi) is 4.10. The summed E-state index contributed by atoms with van der Waals surface area (Å²) in [5.74, 6) is -0.826. The molecule has 1 aromatic heterocycles. The number of rotatable bonds is 4. The van der Waals surface area contributed by atoms with Crippen LogP contribution in [0.1, 0.15) is 10.4 Å². The Labute approximate surface area is 125 Å². The van der Waals surface area contributed by atoms with E-state index in [1.54, 1.807) is 0 Å². The van der Waals surface area contributed by atoms with E-state index in [0.29, 0.717) is 11.3 Å². The third kappa shape index (κ3) is 3.12. The number of anilines is 1. The summed E-state index contributed by atoms with van der Waals surface area (Å²) in [6, 6.07) is 3.89. The molecular formula is C10H5ClN4O5S. The van der Waals surface area contributed by atoms with Crippen molar-refractivity contribution in [2.45, 2.75) is 0 Å². The number of benzene rings is 1. The molecule has 0 fully saturated rings. The molecule has 0 aliphatic rings. The lowest BCUT2D eigenvalue weighted by molar-refractivity contribution is -0.385. The number of carbonyl (C=O) groups excluding carboxylic acids is 1. The third-order valence-corrected chi connectivity index (χ3v) is 3.48. The van der Waals surface area contributed by atoms with Crippen LogP contribution in [0, 0.1) is 20.2 Å². The number of nitro benzene ring substituents is 1. The van der Waals surface area contributed by atoms with E-state index < -0.39 is 21.4 Å². The molecule has 1 heterocycles. The van der Waals surface area contributed by atoms with Gasteiger partial charge in [0.15, 0.2) is 5.13 Å². The number of hydrogen-bond donors (Lipinski definition) is 1. The molecule has 0 unspecified atom stereocenters. The molecule has 9 nitrogen and oxygen atoms in total. The highest BCUT2D eigenvalue weighted by atomic mass is 35.5. The number of nitrogens with zero attached hydrogens (tertiary/aromatic N) is 3. The molecular weight excluding hydrogens is 324 g/mol. The molecule has 0 spiro atoms. The Morgan fingerprint density at radius 1 is 1.29 bits per heavy atom. The number of nitrogens with one attached hydrogen (secondary N) is 1. The van der Waals surface area contributed by atoms with Gasteiger partial charge in [-0.2, -0.15) is 0 Å². The van der Waals surface area contributed by atoms with Crippen LogP contribution in [0.2, 0.25) is 5.02 Å². The minimum atomic E-state index is -0.826. The molecule has 0 atom stereocenters. The largest absolute Gasteiger partial charge is 0.345 e. The molecule has 0 saturated heterocycles. The van der Waals surface area contributed by atoms with Crippen LogP contribution in [0.4, 0.5) is 15.8 Å². The molecule has 1 N–H and O–H groups in total. The second-order valence-electron chi connectivity index (χ2n) is 3.61. The van der Waals surface area contributed by atoms with E-state index in [-0.39, 0.29) is 20.7 Å². The summed E-state index contributed by atoms with van der Waals surface area (Å²) in [6.45, 7) is 0. The van der Waals surface area contributed by atoms with Crippen molar-refractivity contribution in [1.82, 2.24) is 4.98 Å². The van der Waals surface area contributed by atoms with Crippen molar-refractivity contribution in [3.8, 4) is 0 Å². The van der Waals surface area contributed by atoms with Crippen LogP contribution in [0.5, 0.6) is 0 Å². The Hall–Kier alpha value is -2.59. The quantitative estimate of drug-likeness (QED) is 0.678. The van der Waals surface area contributed by atoms with Gasteiger partial charge in [0.1, 0.15) is 16.8 Å². The third-order valence-electron chi connectivity index (χ3n) is 2.31. The van der Waals surface area contributed by atoms with Crippen LogP contribution in [0.15, 0.2) is 24.4 Å². The van der Waals surface area contributed by atoms with Crippen LogP contribution < -0.4 is 5.32 Å². The van der Waals surface area contributed by atoms with Gasteiger partial charge in [-0.1, -0.05) is 17.7 Å². The van der Waals surface area contributed by atoms with Crippen molar-refractivity contribution in [2.75, 3.05) is 5.32 Å². The van der Waals surface area contributed by atoms with Crippen LogP contribution in [-0.2, 0) is 0 Å². The number of thiazole rings is 1. The highest BCUT2D eigenvalue weighted by molar-refractivity contribution is 7.18. The zero-order chi connectivity index (χ0) is 15.6. The zero-order valence-corrected chi connectivity index (χ0v) is 11.6. The SMILES string of the molecule is O=C(Nc1ncc([N+](=O)[O-])s1)c1cccc(Cl)c1[N+](=O)[O-]. The second-order valence-corrected chi connectivity index (χ2v) is 5.02. The number of para-hydroxylation sites is 1. The summed E-state index contributed by atoms with van der Waals surface area (Å²) in [5.41, 5.74) is -0.798. The normalized spacial score (nSPS) is 10.1. The van der Waals surface area contributed by atoms with Gasteiger partial charge in [-0.15, -0.1) is 0 Å². The minimum absolute atomic E-state index is 0.0408. The molecule has 0 aliphatic carbocycles. The number of hydrogen-bond acceptors (Lipinski definition) is 7. The van der Waals surface area contributed by atoms with E-state index in [1.807, 2.05) is 0 Å². The van der Waals surface area contributed by atoms with E-state index in [2.05, 4.69) is 10.3 Å².